The summed E-state index contributed by atoms with van der Waals surface area (Å²) in [6.07, 6.45) is 3.77. The van der Waals surface area contributed by atoms with Gasteiger partial charge in [-0.1, -0.05) is 0 Å². The van der Waals surface area contributed by atoms with Crippen LogP contribution in [0.3, 0.4) is 0 Å². The van der Waals surface area contributed by atoms with Crippen LogP contribution in [0.2, 0.25) is 0 Å². The van der Waals surface area contributed by atoms with Gasteiger partial charge in [0.25, 0.3) is 0 Å². The lowest BCUT2D eigenvalue weighted by molar-refractivity contribution is -0.534. The molecule has 0 aliphatic carbocycles. The lowest BCUT2D eigenvalue weighted by atomic mass is 10.2. The van der Waals surface area contributed by atoms with E-state index in [1.807, 2.05) is 0 Å². The molecule has 1 unspecified atom stereocenters. The summed E-state index contributed by atoms with van der Waals surface area (Å²) in [5, 5.41) is 18.5. The van der Waals surface area contributed by atoms with Crippen molar-refractivity contribution in [1.29, 1.82) is 5.26 Å². The molecule has 50 valence electrons. The van der Waals surface area contributed by atoms with Gasteiger partial charge in [-0.3, -0.25) is 10.1 Å². The maximum Gasteiger partial charge on any atom is 0.419 e. The minimum absolute atomic E-state index is 0.729. The van der Waals surface area contributed by atoms with Gasteiger partial charge in [0.15, 0.2) is 6.07 Å². The molecule has 0 fully saturated rings. The maximum absolute atomic E-state index is 10.2. The first-order chi connectivity index (χ1) is 4.71. The van der Waals surface area contributed by atoms with Crippen molar-refractivity contribution < 1.29 is 4.92 Å². The van der Waals surface area contributed by atoms with Gasteiger partial charge >= 0.3 is 5.66 Å². The largest absolute Gasteiger partial charge is 0.419 e. The molecule has 1 rings (SSSR count). The molecule has 1 aliphatic heterocycles. The maximum atomic E-state index is 10.2. The first-order valence-electron chi connectivity index (χ1n) is 2.50. The lowest BCUT2D eigenvalue weighted by Crippen LogP contribution is -2.30. The van der Waals surface area contributed by atoms with Crippen LogP contribution in [0.5, 0.6) is 0 Å². The summed E-state index contributed by atoms with van der Waals surface area (Å²) in [5.74, 6) is 0. The highest BCUT2D eigenvalue weighted by Crippen LogP contribution is 2.15. The first kappa shape index (κ1) is 6.42. The quantitative estimate of drug-likeness (QED) is 0.380. The van der Waals surface area contributed by atoms with Crippen LogP contribution in [0, 0.1) is 21.4 Å². The zero-order valence-electron chi connectivity index (χ0n) is 4.89. The van der Waals surface area contributed by atoms with E-state index in [0.29, 0.717) is 0 Å². The monoisotopic (exact) mass is 137 g/mol. The number of allylic oxidation sites excluding steroid dienone is 1. The average molecular weight is 137 g/mol. The fraction of sp³-hybridized carbons (Fsp3) is 0.200. The molecule has 1 atom stereocenters. The minimum Gasteiger partial charge on any atom is -0.261 e. The first-order valence-corrected chi connectivity index (χ1v) is 2.50. The van der Waals surface area contributed by atoms with E-state index in [1.165, 1.54) is 18.4 Å². The minimum atomic E-state index is -1.85. The Bertz CT molecular complexity index is 249. The molecule has 5 nitrogen and oxygen atoms in total. The Morgan fingerprint density at radius 2 is 2.50 bits per heavy atom. The molecule has 0 amide bonds. The molecular formula is C5H3N3O2. The summed E-state index contributed by atoms with van der Waals surface area (Å²) < 4.78 is 0. The second kappa shape index (κ2) is 1.92. The summed E-state index contributed by atoms with van der Waals surface area (Å²) in [7, 11) is 0. The third-order valence-corrected chi connectivity index (χ3v) is 1.13. The molecule has 0 aromatic rings. The topological polar surface area (TPSA) is 79.3 Å². The number of rotatable bonds is 1. The van der Waals surface area contributed by atoms with Crippen LogP contribution in [-0.2, 0) is 0 Å². The molecule has 0 aromatic carbocycles. The van der Waals surface area contributed by atoms with Crippen molar-refractivity contribution >= 4 is 6.21 Å². The predicted octanol–water partition coefficient (Wildman–Crippen LogP) is 0.124. The van der Waals surface area contributed by atoms with E-state index in [2.05, 4.69) is 4.99 Å². The average Bonchev–Trinajstić information content (AvgIpc) is 2.35. The highest BCUT2D eigenvalue weighted by molar-refractivity contribution is 5.75. The number of nitrogens with zero attached hydrogens (tertiary/aromatic N) is 3. The third-order valence-electron chi connectivity index (χ3n) is 1.13. The van der Waals surface area contributed by atoms with E-state index in [-0.39, 0.29) is 0 Å². The fourth-order valence-corrected chi connectivity index (χ4v) is 0.592. The van der Waals surface area contributed by atoms with Crippen LogP contribution in [-0.4, -0.2) is 16.8 Å². The summed E-state index contributed by atoms with van der Waals surface area (Å²) in [5.41, 5.74) is -1.85. The molecule has 1 heterocycles. The van der Waals surface area contributed by atoms with Gasteiger partial charge in [-0.05, 0) is 6.08 Å². The summed E-state index contributed by atoms with van der Waals surface area (Å²) >= 11 is 0. The lowest BCUT2D eigenvalue weighted by Gasteiger charge is -2.02. The van der Waals surface area contributed by atoms with E-state index in [9.17, 15) is 10.1 Å². The molecule has 0 bridgehead atoms. The fourth-order valence-electron chi connectivity index (χ4n) is 0.592. The van der Waals surface area contributed by atoms with Gasteiger partial charge in [0.05, 0.1) is 4.92 Å². The molecule has 0 saturated heterocycles. The summed E-state index contributed by atoms with van der Waals surface area (Å²) in [6, 6.07) is 1.49. The third kappa shape index (κ3) is 0.666. The van der Waals surface area contributed by atoms with Crippen molar-refractivity contribution in [3.63, 3.8) is 0 Å². The van der Waals surface area contributed by atoms with Gasteiger partial charge in [0, 0.05) is 12.3 Å². The van der Waals surface area contributed by atoms with Crippen molar-refractivity contribution in [2.24, 2.45) is 4.99 Å². The van der Waals surface area contributed by atoms with Crippen LogP contribution < -0.4 is 0 Å². The molecule has 0 saturated carbocycles. The van der Waals surface area contributed by atoms with Gasteiger partial charge < -0.3 is 0 Å². The highest BCUT2D eigenvalue weighted by Gasteiger charge is 2.41. The van der Waals surface area contributed by atoms with Crippen molar-refractivity contribution in [1.82, 2.24) is 0 Å². The number of nitriles is 1. The number of hydrogen-bond donors (Lipinski definition) is 0. The molecule has 5 heteroatoms. The van der Waals surface area contributed by atoms with Crippen LogP contribution >= 0.6 is 0 Å². The number of nitro groups is 1. The smallest absolute Gasteiger partial charge is 0.261 e. The predicted molar refractivity (Wildman–Crippen MR) is 33.0 cm³/mol. The van der Waals surface area contributed by atoms with Gasteiger partial charge in [-0.2, -0.15) is 5.26 Å². The zero-order valence-corrected chi connectivity index (χ0v) is 4.89. The SMILES string of the molecule is N#CC1([N+](=O)[O-])C=CC=N1. The molecule has 0 radical (unpaired) electrons. The van der Waals surface area contributed by atoms with Crippen molar-refractivity contribution in [3.05, 3.63) is 22.3 Å². The molecule has 10 heavy (non-hydrogen) atoms. The van der Waals surface area contributed by atoms with Crippen LogP contribution in [0.25, 0.3) is 0 Å². The van der Waals surface area contributed by atoms with E-state index < -0.39 is 10.6 Å². The summed E-state index contributed by atoms with van der Waals surface area (Å²) in [6.45, 7) is 0. The Balaban J connectivity index is 3.05. The highest BCUT2D eigenvalue weighted by atomic mass is 16.6. The van der Waals surface area contributed by atoms with Crippen molar-refractivity contribution in [3.8, 4) is 6.07 Å². The Labute approximate surface area is 56.4 Å². The van der Waals surface area contributed by atoms with Gasteiger partial charge in [-0.15, -0.1) is 0 Å². The Morgan fingerprint density at radius 3 is 2.70 bits per heavy atom. The molecule has 1 aliphatic rings. The summed E-state index contributed by atoms with van der Waals surface area (Å²) in [4.78, 5) is 12.8. The molecular weight excluding hydrogens is 134 g/mol. The van der Waals surface area contributed by atoms with Crippen LogP contribution in [0.4, 0.5) is 0 Å². The van der Waals surface area contributed by atoms with Crippen molar-refractivity contribution in [2.75, 3.05) is 0 Å². The van der Waals surface area contributed by atoms with Crippen molar-refractivity contribution in [2.45, 2.75) is 5.66 Å². The normalized spacial score (nSPS) is 28.3. The van der Waals surface area contributed by atoms with E-state index >= 15 is 0 Å². The Hall–Kier alpha value is -1.70. The van der Waals surface area contributed by atoms with Gasteiger partial charge in [0.2, 0.25) is 0 Å². The molecule has 0 aromatic heterocycles. The zero-order chi connectivity index (χ0) is 7.61. The van der Waals surface area contributed by atoms with E-state index in [0.717, 1.165) is 6.08 Å². The van der Waals surface area contributed by atoms with Crippen LogP contribution in [0.1, 0.15) is 0 Å². The standard InChI is InChI=1S/C5H3N3O2/c6-4-5(8(9)10)2-1-3-7-5/h1-3H. The molecule has 0 N–H and O–H groups in total. The Morgan fingerprint density at radius 1 is 1.80 bits per heavy atom. The van der Waals surface area contributed by atoms with Gasteiger partial charge in [0.1, 0.15) is 0 Å². The second-order valence-electron chi connectivity index (χ2n) is 1.73. The van der Waals surface area contributed by atoms with E-state index in [4.69, 9.17) is 5.26 Å². The Kier molecular flexibility index (Phi) is 1.23. The molecule has 0 spiro atoms. The number of hydrogen-bond acceptors (Lipinski definition) is 4. The number of aliphatic imine (C=N–C) groups is 1. The van der Waals surface area contributed by atoms with E-state index in [1.54, 1.807) is 0 Å². The van der Waals surface area contributed by atoms with Gasteiger partial charge in [-0.25, -0.2) is 4.99 Å². The second-order valence-corrected chi connectivity index (χ2v) is 1.73. The van der Waals surface area contributed by atoms with Crippen LogP contribution in [0.15, 0.2) is 17.1 Å².